The second-order valence-electron chi connectivity index (χ2n) is 6.55. The summed E-state index contributed by atoms with van der Waals surface area (Å²) in [7, 11) is 3.06. The van der Waals surface area contributed by atoms with Crippen molar-refractivity contribution in [3.05, 3.63) is 48.4 Å². The van der Waals surface area contributed by atoms with E-state index in [0.29, 0.717) is 47.5 Å². The fourth-order valence-electron chi connectivity index (χ4n) is 2.91. The zero-order chi connectivity index (χ0) is 22.2. The van der Waals surface area contributed by atoms with Gasteiger partial charge in [0.15, 0.2) is 11.5 Å². The molecule has 3 aromatic rings. The fourth-order valence-corrected chi connectivity index (χ4v) is 2.91. The van der Waals surface area contributed by atoms with Gasteiger partial charge >= 0.3 is 6.03 Å². The van der Waals surface area contributed by atoms with Gasteiger partial charge in [-0.05, 0) is 37.1 Å². The Bertz CT molecular complexity index is 1060. The number of pyridine rings is 1. The molecule has 7 nitrogen and oxygen atoms in total. The third-order valence-corrected chi connectivity index (χ3v) is 4.47. The Balaban J connectivity index is 1.75. The molecule has 0 aliphatic rings. The number of nitrogens with one attached hydrogen (secondary N) is 2. The highest BCUT2D eigenvalue weighted by atomic mass is 19.1. The van der Waals surface area contributed by atoms with Crippen molar-refractivity contribution in [3.63, 3.8) is 0 Å². The van der Waals surface area contributed by atoms with Crippen LogP contribution in [0.25, 0.3) is 10.9 Å². The van der Waals surface area contributed by atoms with Crippen LogP contribution in [-0.4, -0.2) is 38.5 Å². The lowest BCUT2D eigenvalue weighted by molar-refractivity contribution is 0.251. The van der Waals surface area contributed by atoms with Crippen LogP contribution >= 0.6 is 0 Å². The van der Waals surface area contributed by atoms with Crippen LogP contribution in [0.5, 0.6) is 23.0 Å². The SMILES string of the molecule is COc1cc2nccc(Oc3ccc(NC(=O)NCCCCF)c(F)c3)c2cc1OC. The molecule has 2 N–H and O–H groups in total. The first-order valence-electron chi connectivity index (χ1n) is 9.64. The van der Waals surface area contributed by atoms with E-state index >= 15 is 0 Å². The molecule has 2 amide bonds. The molecule has 9 heteroatoms. The highest BCUT2D eigenvalue weighted by Gasteiger charge is 2.13. The third-order valence-electron chi connectivity index (χ3n) is 4.47. The number of amides is 2. The van der Waals surface area contributed by atoms with E-state index < -0.39 is 18.5 Å². The third kappa shape index (κ3) is 5.50. The number of anilines is 1. The number of halogens is 2. The Morgan fingerprint density at radius 3 is 2.52 bits per heavy atom. The van der Waals surface area contributed by atoms with Crippen molar-refractivity contribution >= 4 is 22.6 Å². The van der Waals surface area contributed by atoms with Gasteiger partial charge in [-0.3, -0.25) is 9.37 Å². The quantitative estimate of drug-likeness (QED) is 0.463. The number of rotatable bonds is 9. The lowest BCUT2D eigenvalue weighted by Crippen LogP contribution is -2.29. The molecule has 0 bridgehead atoms. The van der Waals surface area contributed by atoms with Gasteiger partial charge in [-0.25, -0.2) is 9.18 Å². The number of ether oxygens (including phenoxy) is 3. The van der Waals surface area contributed by atoms with Crippen molar-refractivity contribution in [2.45, 2.75) is 12.8 Å². The molecule has 164 valence electrons. The second kappa shape index (κ2) is 10.4. The lowest BCUT2D eigenvalue weighted by atomic mass is 10.2. The molecule has 0 saturated heterocycles. The van der Waals surface area contributed by atoms with Crippen LogP contribution in [0, 0.1) is 5.82 Å². The summed E-state index contributed by atoms with van der Waals surface area (Å²) in [6, 6.07) is 8.66. The van der Waals surface area contributed by atoms with Gasteiger partial charge < -0.3 is 24.8 Å². The molecule has 0 atom stereocenters. The predicted octanol–water partition coefficient (Wildman–Crippen LogP) is 5.05. The maximum atomic E-state index is 14.5. The Morgan fingerprint density at radius 1 is 1.03 bits per heavy atom. The van der Waals surface area contributed by atoms with E-state index in [2.05, 4.69) is 15.6 Å². The minimum Gasteiger partial charge on any atom is -0.493 e. The largest absolute Gasteiger partial charge is 0.493 e. The normalized spacial score (nSPS) is 10.6. The van der Waals surface area contributed by atoms with Crippen molar-refractivity contribution < 1.29 is 27.8 Å². The van der Waals surface area contributed by atoms with E-state index in [-0.39, 0.29) is 11.4 Å². The molecule has 0 radical (unpaired) electrons. The van der Waals surface area contributed by atoms with Gasteiger partial charge in [-0.1, -0.05) is 0 Å². The van der Waals surface area contributed by atoms with E-state index in [1.807, 2.05) is 0 Å². The van der Waals surface area contributed by atoms with Crippen LogP contribution < -0.4 is 24.8 Å². The number of methoxy groups -OCH3 is 2. The van der Waals surface area contributed by atoms with Crippen LogP contribution in [0.15, 0.2) is 42.6 Å². The summed E-state index contributed by atoms with van der Waals surface area (Å²) in [6.07, 6.45) is 2.45. The number of hydrogen-bond acceptors (Lipinski definition) is 5. The van der Waals surface area contributed by atoms with Gasteiger partial charge in [0.1, 0.15) is 17.3 Å². The van der Waals surface area contributed by atoms with Crippen molar-refractivity contribution in [1.82, 2.24) is 10.3 Å². The van der Waals surface area contributed by atoms with E-state index in [9.17, 15) is 13.6 Å². The smallest absolute Gasteiger partial charge is 0.319 e. The average molecular weight is 431 g/mol. The van der Waals surface area contributed by atoms with Crippen molar-refractivity contribution in [1.29, 1.82) is 0 Å². The van der Waals surface area contributed by atoms with Crippen LogP contribution in [0.3, 0.4) is 0 Å². The number of aromatic nitrogens is 1. The lowest BCUT2D eigenvalue weighted by Gasteiger charge is -2.13. The van der Waals surface area contributed by atoms with Crippen LogP contribution in [-0.2, 0) is 0 Å². The summed E-state index contributed by atoms with van der Waals surface area (Å²) >= 11 is 0. The molecule has 0 aliphatic heterocycles. The number of urea groups is 1. The van der Waals surface area contributed by atoms with Crippen molar-refractivity contribution in [2.75, 3.05) is 32.8 Å². The van der Waals surface area contributed by atoms with Crippen LogP contribution in [0.2, 0.25) is 0 Å². The number of unbranched alkanes of at least 4 members (excludes halogenated alkanes) is 1. The highest BCUT2D eigenvalue weighted by Crippen LogP contribution is 2.37. The molecule has 0 spiro atoms. The summed E-state index contributed by atoms with van der Waals surface area (Å²) in [6.45, 7) is -0.131. The van der Waals surface area contributed by atoms with E-state index in [1.54, 1.807) is 24.4 Å². The number of carbonyl (C=O) groups excluding carboxylic acids is 1. The maximum Gasteiger partial charge on any atom is 0.319 e. The standard InChI is InChI=1S/C22H23F2N3O4/c1-29-20-12-15-18(13-21(20)30-2)25-10-7-19(15)31-14-5-6-17(16(24)11-14)27-22(28)26-9-4-3-8-23/h5-7,10-13H,3-4,8-9H2,1-2H3,(H2,26,27,28). The van der Waals surface area contributed by atoms with Crippen molar-refractivity contribution in [2.24, 2.45) is 0 Å². The number of hydrogen-bond donors (Lipinski definition) is 2. The summed E-state index contributed by atoms with van der Waals surface area (Å²) in [5.41, 5.74) is 0.625. The Hall–Kier alpha value is -3.62. The first kappa shape index (κ1) is 22.1. The Morgan fingerprint density at radius 2 is 1.81 bits per heavy atom. The molecule has 3 rings (SSSR count). The van der Waals surface area contributed by atoms with Gasteiger partial charge in [0.2, 0.25) is 0 Å². The van der Waals surface area contributed by atoms with Gasteiger partial charge in [-0.2, -0.15) is 0 Å². The van der Waals surface area contributed by atoms with E-state index in [4.69, 9.17) is 14.2 Å². The first-order valence-corrected chi connectivity index (χ1v) is 9.64. The van der Waals surface area contributed by atoms with Crippen LogP contribution in [0.4, 0.5) is 19.3 Å². The Labute approximate surface area is 178 Å². The minimum absolute atomic E-state index is 0.00123. The molecule has 1 aromatic heterocycles. The van der Waals surface area contributed by atoms with Gasteiger partial charge in [0, 0.05) is 30.3 Å². The summed E-state index contributed by atoms with van der Waals surface area (Å²) in [4.78, 5) is 16.1. The number of fused-ring (bicyclic) bond motifs is 1. The molecule has 0 aliphatic carbocycles. The van der Waals surface area contributed by atoms with Crippen molar-refractivity contribution in [3.8, 4) is 23.0 Å². The Kier molecular flexibility index (Phi) is 7.42. The summed E-state index contributed by atoms with van der Waals surface area (Å²) in [5.74, 6) is 1.08. The molecule has 0 saturated carbocycles. The fraction of sp³-hybridized carbons (Fsp3) is 0.273. The van der Waals surface area contributed by atoms with Crippen LogP contribution in [0.1, 0.15) is 12.8 Å². The molecular formula is C22H23F2N3O4. The number of benzene rings is 2. The predicted molar refractivity (Wildman–Crippen MR) is 114 cm³/mol. The molecule has 1 heterocycles. The van der Waals surface area contributed by atoms with Gasteiger partial charge in [-0.15, -0.1) is 0 Å². The summed E-state index contributed by atoms with van der Waals surface area (Å²) in [5, 5.41) is 5.63. The monoisotopic (exact) mass is 431 g/mol. The topological polar surface area (TPSA) is 81.7 Å². The molecule has 0 fully saturated rings. The number of carbonyl (C=O) groups is 1. The first-order chi connectivity index (χ1) is 15.0. The number of alkyl halides is 1. The number of nitrogens with zero attached hydrogens (tertiary/aromatic N) is 1. The zero-order valence-electron chi connectivity index (χ0n) is 17.2. The highest BCUT2D eigenvalue weighted by molar-refractivity contribution is 5.90. The molecule has 2 aromatic carbocycles. The minimum atomic E-state index is -0.658. The molecule has 31 heavy (non-hydrogen) atoms. The maximum absolute atomic E-state index is 14.5. The van der Waals surface area contributed by atoms with E-state index in [1.165, 1.54) is 32.4 Å². The zero-order valence-corrected chi connectivity index (χ0v) is 17.2. The average Bonchev–Trinajstić information content (AvgIpc) is 2.78. The summed E-state index contributed by atoms with van der Waals surface area (Å²) < 4.78 is 43.0. The van der Waals surface area contributed by atoms with Gasteiger partial charge in [0.05, 0.1) is 32.1 Å². The second-order valence-corrected chi connectivity index (χ2v) is 6.55. The molecular weight excluding hydrogens is 408 g/mol. The molecule has 0 unspecified atom stereocenters. The van der Waals surface area contributed by atoms with E-state index in [0.717, 1.165) is 0 Å². The van der Waals surface area contributed by atoms with Gasteiger partial charge in [0.25, 0.3) is 0 Å².